The third kappa shape index (κ3) is 8.39. The van der Waals surface area contributed by atoms with Crippen LogP contribution in [0.25, 0.3) is 11.0 Å². The fourth-order valence-corrected chi connectivity index (χ4v) is 4.91. The third-order valence-electron chi connectivity index (χ3n) is 7.05. The van der Waals surface area contributed by atoms with Gasteiger partial charge in [-0.25, -0.2) is 4.98 Å². The van der Waals surface area contributed by atoms with Gasteiger partial charge in [-0.3, -0.25) is 4.79 Å². The topological polar surface area (TPSA) is 83.8 Å². The van der Waals surface area contributed by atoms with E-state index in [0.717, 1.165) is 73.5 Å². The van der Waals surface area contributed by atoms with Gasteiger partial charge < -0.3 is 28.8 Å². The van der Waals surface area contributed by atoms with Crippen LogP contribution in [0.2, 0.25) is 0 Å². The summed E-state index contributed by atoms with van der Waals surface area (Å²) in [5.74, 6) is 3.95. The molecule has 4 aromatic rings. The number of hydrogen-bond acceptors (Lipinski definition) is 6. The number of nitrogens with one attached hydrogen (secondary N) is 1. The van der Waals surface area contributed by atoms with E-state index in [2.05, 4.69) is 28.1 Å². The number of rotatable bonds is 17. The van der Waals surface area contributed by atoms with Crippen molar-refractivity contribution in [3.8, 4) is 23.0 Å². The predicted octanol–water partition coefficient (Wildman–Crippen LogP) is 5.99. The summed E-state index contributed by atoms with van der Waals surface area (Å²) in [6.45, 7) is 2.20. The van der Waals surface area contributed by atoms with Gasteiger partial charge in [0.2, 0.25) is 5.91 Å². The molecule has 0 spiro atoms. The van der Waals surface area contributed by atoms with Gasteiger partial charge in [-0.1, -0.05) is 36.8 Å². The highest BCUT2D eigenvalue weighted by Crippen LogP contribution is 2.28. The number of aromatic nitrogens is 2. The highest BCUT2D eigenvalue weighted by Gasteiger charge is 2.11. The number of para-hydroxylation sites is 4. The number of fused-ring (bicyclic) bond motifs is 1. The van der Waals surface area contributed by atoms with Crippen molar-refractivity contribution in [3.63, 3.8) is 0 Å². The zero-order chi connectivity index (χ0) is 28.9. The minimum Gasteiger partial charge on any atom is -0.493 e. The fraction of sp³-hybridized carbons (Fsp3) is 0.394. The number of carbonyl (C=O) groups excluding carboxylic acids is 1. The number of methoxy groups -OCH3 is 3. The molecule has 4 rings (SSSR count). The fourth-order valence-electron chi connectivity index (χ4n) is 4.91. The van der Waals surface area contributed by atoms with Crippen molar-refractivity contribution in [1.82, 2.24) is 14.9 Å². The van der Waals surface area contributed by atoms with Gasteiger partial charge in [0.05, 0.1) is 45.4 Å². The third-order valence-corrected chi connectivity index (χ3v) is 7.05. The van der Waals surface area contributed by atoms with Crippen molar-refractivity contribution >= 4 is 16.9 Å². The average Bonchev–Trinajstić information content (AvgIpc) is 3.35. The lowest BCUT2D eigenvalue weighted by atomic mass is 10.1. The lowest BCUT2D eigenvalue weighted by molar-refractivity contribution is -0.120. The Morgan fingerprint density at radius 1 is 0.780 bits per heavy atom. The summed E-state index contributed by atoms with van der Waals surface area (Å²) in [6, 6.07) is 21.6. The normalized spacial score (nSPS) is 10.9. The molecule has 0 aliphatic rings. The second kappa shape index (κ2) is 15.6. The Morgan fingerprint density at radius 2 is 1.51 bits per heavy atom. The highest BCUT2D eigenvalue weighted by atomic mass is 16.5. The first-order valence-electron chi connectivity index (χ1n) is 14.3. The minimum atomic E-state index is 0.00806. The zero-order valence-electron chi connectivity index (χ0n) is 24.4. The van der Waals surface area contributed by atoms with Crippen LogP contribution in [0.4, 0.5) is 0 Å². The molecule has 1 N–H and O–H groups in total. The summed E-state index contributed by atoms with van der Waals surface area (Å²) < 4.78 is 24.3. The molecule has 0 radical (unpaired) electrons. The number of unbranched alkanes of at least 4 members (excludes halogenated alkanes) is 3. The Hall–Kier alpha value is -4.20. The molecule has 0 saturated carbocycles. The van der Waals surface area contributed by atoms with Crippen LogP contribution in [0.5, 0.6) is 23.0 Å². The summed E-state index contributed by atoms with van der Waals surface area (Å²) in [5.41, 5.74) is 3.11. The van der Waals surface area contributed by atoms with Crippen molar-refractivity contribution in [2.45, 2.75) is 51.5 Å². The zero-order valence-corrected chi connectivity index (χ0v) is 24.4. The summed E-state index contributed by atoms with van der Waals surface area (Å²) in [7, 11) is 4.85. The molecule has 1 heterocycles. The van der Waals surface area contributed by atoms with Crippen LogP contribution < -0.4 is 24.3 Å². The first kappa shape index (κ1) is 29.8. The van der Waals surface area contributed by atoms with Gasteiger partial charge in [0.25, 0.3) is 0 Å². The molecule has 0 aliphatic heterocycles. The minimum absolute atomic E-state index is 0.00806. The molecule has 218 valence electrons. The quantitative estimate of drug-likeness (QED) is 0.160. The van der Waals surface area contributed by atoms with Crippen molar-refractivity contribution in [1.29, 1.82) is 0 Å². The molecule has 0 unspecified atom stereocenters. The summed E-state index contributed by atoms with van der Waals surface area (Å²) in [5, 5.41) is 3.04. The molecular formula is C33H41N3O5. The number of nitrogens with zero attached hydrogens (tertiary/aromatic N) is 2. The van der Waals surface area contributed by atoms with Crippen LogP contribution in [0.15, 0.2) is 66.7 Å². The van der Waals surface area contributed by atoms with Gasteiger partial charge in [0, 0.05) is 19.5 Å². The van der Waals surface area contributed by atoms with Gasteiger partial charge in [-0.15, -0.1) is 0 Å². The monoisotopic (exact) mass is 559 g/mol. The Bertz CT molecular complexity index is 1400. The molecule has 1 amide bonds. The lowest BCUT2D eigenvalue weighted by Crippen LogP contribution is -2.26. The molecule has 0 aliphatic carbocycles. The van der Waals surface area contributed by atoms with E-state index in [4.69, 9.17) is 23.9 Å². The van der Waals surface area contributed by atoms with Gasteiger partial charge in [-0.2, -0.15) is 0 Å². The molecule has 41 heavy (non-hydrogen) atoms. The molecule has 0 fully saturated rings. The SMILES string of the molecule is COc1ccc(CC(=O)NCCCCCc2nc3ccccc3n2CCCCOc2ccccc2OC)cc1OC. The number of imidazole rings is 1. The van der Waals surface area contributed by atoms with Gasteiger partial charge in [0.1, 0.15) is 5.82 Å². The average molecular weight is 560 g/mol. The Morgan fingerprint density at radius 3 is 2.32 bits per heavy atom. The maximum Gasteiger partial charge on any atom is 0.224 e. The molecule has 0 atom stereocenters. The second-order valence-electron chi connectivity index (χ2n) is 9.90. The molecule has 1 aromatic heterocycles. The van der Waals surface area contributed by atoms with Crippen molar-refractivity contribution in [2.24, 2.45) is 0 Å². The smallest absolute Gasteiger partial charge is 0.224 e. The van der Waals surface area contributed by atoms with E-state index in [0.29, 0.717) is 31.1 Å². The van der Waals surface area contributed by atoms with E-state index < -0.39 is 0 Å². The maximum absolute atomic E-state index is 12.4. The van der Waals surface area contributed by atoms with Crippen molar-refractivity contribution in [3.05, 3.63) is 78.1 Å². The maximum atomic E-state index is 12.4. The number of hydrogen-bond donors (Lipinski definition) is 1. The van der Waals surface area contributed by atoms with E-state index in [1.807, 2.05) is 48.5 Å². The summed E-state index contributed by atoms with van der Waals surface area (Å²) in [6.07, 6.45) is 6.12. The number of aryl methyl sites for hydroxylation is 2. The molecule has 3 aromatic carbocycles. The van der Waals surface area contributed by atoms with Crippen molar-refractivity contribution < 1.29 is 23.7 Å². The van der Waals surface area contributed by atoms with E-state index in [-0.39, 0.29) is 5.91 Å². The van der Waals surface area contributed by atoms with Crippen LogP contribution >= 0.6 is 0 Å². The number of ether oxygens (including phenoxy) is 4. The molecule has 0 saturated heterocycles. The standard InChI is InChI=1S/C33H41N3O5/c1-38-28-15-8-9-16-30(28)41-22-12-11-21-36-27-14-7-6-13-26(27)35-32(36)17-5-4-10-20-34-33(37)24-25-18-19-29(39-2)31(23-25)40-3/h6-9,13-16,18-19,23H,4-5,10-12,17,20-22,24H2,1-3H3,(H,34,37). The van der Waals surface area contributed by atoms with E-state index in [1.54, 1.807) is 21.3 Å². The van der Waals surface area contributed by atoms with Crippen LogP contribution in [0, 0.1) is 0 Å². The number of carbonyl (C=O) groups is 1. The molecule has 0 bridgehead atoms. The number of benzene rings is 3. The summed E-state index contributed by atoms with van der Waals surface area (Å²) >= 11 is 0. The molecular weight excluding hydrogens is 518 g/mol. The molecule has 8 nitrogen and oxygen atoms in total. The molecule has 8 heteroatoms. The lowest BCUT2D eigenvalue weighted by Gasteiger charge is -2.12. The van der Waals surface area contributed by atoms with Gasteiger partial charge >= 0.3 is 0 Å². The van der Waals surface area contributed by atoms with Crippen LogP contribution in [0.3, 0.4) is 0 Å². The van der Waals surface area contributed by atoms with E-state index in [1.165, 1.54) is 5.52 Å². The largest absolute Gasteiger partial charge is 0.493 e. The van der Waals surface area contributed by atoms with E-state index in [9.17, 15) is 4.79 Å². The Labute approximate surface area is 242 Å². The Kier molecular flexibility index (Phi) is 11.3. The van der Waals surface area contributed by atoms with Crippen molar-refractivity contribution in [2.75, 3.05) is 34.5 Å². The summed E-state index contributed by atoms with van der Waals surface area (Å²) in [4.78, 5) is 17.3. The predicted molar refractivity (Wildman–Crippen MR) is 161 cm³/mol. The van der Waals surface area contributed by atoms with Crippen LogP contribution in [-0.2, 0) is 24.2 Å². The van der Waals surface area contributed by atoms with Crippen LogP contribution in [-0.4, -0.2) is 49.9 Å². The first-order valence-corrected chi connectivity index (χ1v) is 14.3. The second-order valence-corrected chi connectivity index (χ2v) is 9.90. The first-order chi connectivity index (χ1) is 20.1. The van der Waals surface area contributed by atoms with Gasteiger partial charge in [0.15, 0.2) is 23.0 Å². The Balaban J connectivity index is 1.19. The van der Waals surface area contributed by atoms with Gasteiger partial charge in [-0.05, 0) is 67.6 Å². The number of amides is 1. The van der Waals surface area contributed by atoms with Crippen LogP contribution in [0.1, 0.15) is 43.5 Å². The highest BCUT2D eigenvalue weighted by molar-refractivity contribution is 5.78. The van der Waals surface area contributed by atoms with E-state index >= 15 is 0 Å².